The molecule has 0 radical (unpaired) electrons. The van der Waals surface area contributed by atoms with E-state index in [1.165, 1.54) is 6.07 Å². The van der Waals surface area contributed by atoms with Crippen molar-refractivity contribution in [1.29, 1.82) is 0 Å². The van der Waals surface area contributed by atoms with Gasteiger partial charge in [-0.25, -0.2) is 9.18 Å². The molecule has 4 N–H and O–H groups in total. The van der Waals surface area contributed by atoms with E-state index in [-0.39, 0.29) is 5.69 Å². The smallest absolute Gasteiger partial charge is 0.338 e. The van der Waals surface area contributed by atoms with E-state index in [0.717, 1.165) is 25.0 Å². The predicted molar refractivity (Wildman–Crippen MR) is 69.5 cm³/mol. The van der Waals surface area contributed by atoms with Gasteiger partial charge in [-0.15, -0.1) is 0 Å². The average Bonchev–Trinajstić information content (AvgIpc) is 2.35. The van der Waals surface area contributed by atoms with Crippen LogP contribution in [-0.4, -0.2) is 23.0 Å². The third-order valence-electron chi connectivity index (χ3n) is 2.67. The number of carboxylic acids is 1. The minimum Gasteiger partial charge on any atom is -0.478 e. The molecule has 0 saturated carbocycles. The number of carbonyl (C=O) groups excluding carboxylic acids is 1. The molecule has 1 aromatic rings. The molecule has 0 saturated heterocycles. The predicted octanol–water partition coefficient (Wildman–Crippen LogP) is 1.98. The van der Waals surface area contributed by atoms with E-state index in [4.69, 9.17) is 10.8 Å². The molecule has 104 valence electrons. The average molecular weight is 268 g/mol. The Morgan fingerprint density at radius 2 is 2.16 bits per heavy atom. The molecule has 5 nitrogen and oxygen atoms in total. The van der Waals surface area contributed by atoms with Gasteiger partial charge in [0, 0.05) is 5.69 Å². The topological polar surface area (TPSA) is 92.4 Å². The maximum atomic E-state index is 13.4. The first-order valence-corrected chi connectivity index (χ1v) is 6.05. The molecule has 0 spiro atoms. The zero-order valence-electron chi connectivity index (χ0n) is 10.6. The molecule has 0 bridgehead atoms. The van der Waals surface area contributed by atoms with E-state index in [2.05, 4.69) is 5.32 Å². The molecule has 1 rings (SSSR count). The van der Waals surface area contributed by atoms with Crippen LogP contribution in [0.25, 0.3) is 0 Å². The number of nitrogens with two attached hydrogens (primary N) is 1. The van der Waals surface area contributed by atoms with E-state index >= 15 is 0 Å². The van der Waals surface area contributed by atoms with Crippen molar-refractivity contribution < 1.29 is 19.1 Å². The Kier molecular flexibility index (Phi) is 5.44. The fourth-order valence-corrected chi connectivity index (χ4v) is 1.56. The SMILES string of the molecule is CCCC[C@H](N)C(=O)Nc1ccc(C(=O)O)c(F)c1. The normalized spacial score (nSPS) is 11.9. The number of nitrogens with one attached hydrogen (secondary N) is 1. The maximum absolute atomic E-state index is 13.4. The van der Waals surface area contributed by atoms with Gasteiger partial charge >= 0.3 is 5.97 Å². The molecule has 0 fully saturated rings. The molecule has 0 aromatic heterocycles. The Hall–Kier alpha value is -1.95. The summed E-state index contributed by atoms with van der Waals surface area (Å²) in [7, 11) is 0. The van der Waals surface area contributed by atoms with Gasteiger partial charge in [-0.05, 0) is 24.6 Å². The monoisotopic (exact) mass is 268 g/mol. The van der Waals surface area contributed by atoms with Gasteiger partial charge in [0.05, 0.1) is 11.6 Å². The number of rotatable bonds is 6. The Morgan fingerprint density at radius 1 is 1.47 bits per heavy atom. The van der Waals surface area contributed by atoms with E-state index in [1.54, 1.807) is 0 Å². The van der Waals surface area contributed by atoms with Gasteiger partial charge in [-0.3, -0.25) is 4.79 Å². The van der Waals surface area contributed by atoms with Gasteiger partial charge in [-0.1, -0.05) is 19.8 Å². The lowest BCUT2D eigenvalue weighted by atomic mass is 10.1. The highest BCUT2D eigenvalue weighted by Crippen LogP contribution is 2.15. The number of unbranched alkanes of at least 4 members (excludes halogenated alkanes) is 1. The Labute approximate surface area is 110 Å². The molecule has 0 aliphatic rings. The second kappa shape index (κ2) is 6.84. The molecule has 1 atom stereocenters. The van der Waals surface area contributed by atoms with Crippen molar-refractivity contribution in [2.24, 2.45) is 5.73 Å². The number of aromatic carboxylic acids is 1. The van der Waals surface area contributed by atoms with Crippen LogP contribution in [0.1, 0.15) is 36.5 Å². The summed E-state index contributed by atoms with van der Waals surface area (Å²) >= 11 is 0. The molecular weight excluding hydrogens is 251 g/mol. The van der Waals surface area contributed by atoms with Gasteiger partial charge in [-0.2, -0.15) is 0 Å². The van der Waals surface area contributed by atoms with Gasteiger partial charge in [0.2, 0.25) is 5.91 Å². The van der Waals surface area contributed by atoms with Gasteiger partial charge in [0.25, 0.3) is 0 Å². The van der Waals surface area contributed by atoms with Crippen LogP contribution in [0, 0.1) is 5.82 Å². The molecule has 1 amide bonds. The van der Waals surface area contributed by atoms with Crippen LogP contribution < -0.4 is 11.1 Å². The number of benzene rings is 1. The van der Waals surface area contributed by atoms with Crippen LogP contribution in [0.3, 0.4) is 0 Å². The number of carboxylic acid groups (broad SMARTS) is 1. The first-order valence-electron chi connectivity index (χ1n) is 6.05. The summed E-state index contributed by atoms with van der Waals surface area (Å²) in [6.45, 7) is 1.99. The zero-order valence-corrected chi connectivity index (χ0v) is 10.6. The van der Waals surface area contributed by atoms with Gasteiger partial charge in [0.1, 0.15) is 5.82 Å². The molecular formula is C13H17FN2O3. The van der Waals surface area contributed by atoms with Crippen LogP contribution in [-0.2, 0) is 4.79 Å². The van der Waals surface area contributed by atoms with Crippen molar-refractivity contribution in [3.05, 3.63) is 29.6 Å². The third kappa shape index (κ3) is 4.33. The van der Waals surface area contributed by atoms with E-state index in [9.17, 15) is 14.0 Å². The number of amides is 1. The van der Waals surface area contributed by atoms with Crippen LogP contribution in [0.5, 0.6) is 0 Å². The number of anilines is 1. The minimum atomic E-state index is -1.35. The highest BCUT2D eigenvalue weighted by Gasteiger charge is 2.15. The largest absolute Gasteiger partial charge is 0.478 e. The third-order valence-corrected chi connectivity index (χ3v) is 2.67. The van der Waals surface area contributed by atoms with Gasteiger partial charge < -0.3 is 16.2 Å². The van der Waals surface area contributed by atoms with Crippen molar-refractivity contribution in [2.75, 3.05) is 5.32 Å². The van der Waals surface area contributed by atoms with Crippen LogP contribution in [0.4, 0.5) is 10.1 Å². The maximum Gasteiger partial charge on any atom is 0.338 e. The highest BCUT2D eigenvalue weighted by molar-refractivity contribution is 5.95. The number of hydrogen-bond donors (Lipinski definition) is 3. The second-order valence-electron chi connectivity index (χ2n) is 4.24. The molecule has 1 aromatic carbocycles. The molecule has 0 aliphatic carbocycles. The summed E-state index contributed by atoms with van der Waals surface area (Å²) in [6.07, 6.45) is 2.32. The molecule has 19 heavy (non-hydrogen) atoms. The number of halogens is 1. The van der Waals surface area contributed by atoms with Gasteiger partial charge in [0.15, 0.2) is 0 Å². The molecule has 0 aliphatic heterocycles. The van der Waals surface area contributed by atoms with Crippen LogP contribution in [0.15, 0.2) is 18.2 Å². The van der Waals surface area contributed by atoms with Crippen molar-refractivity contribution in [3.8, 4) is 0 Å². The fraction of sp³-hybridized carbons (Fsp3) is 0.385. The summed E-state index contributed by atoms with van der Waals surface area (Å²) in [5, 5.41) is 11.1. The number of hydrogen-bond acceptors (Lipinski definition) is 3. The van der Waals surface area contributed by atoms with E-state index in [1.807, 2.05) is 6.92 Å². The highest BCUT2D eigenvalue weighted by atomic mass is 19.1. The molecule has 0 heterocycles. The quantitative estimate of drug-likeness (QED) is 0.735. The summed E-state index contributed by atoms with van der Waals surface area (Å²) in [6, 6.07) is 2.75. The lowest BCUT2D eigenvalue weighted by Gasteiger charge is -2.12. The number of carbonyl (C=O) groups is 2. The van der Waals surface area contributed by atoms with Crippen LogP contribution >= 0.6 is 0 Å². The first kappa shape index (κ1) is 15.1. The summed E-state index contributed by atoms with van der Waals surface area (Å²) < 4.78 is 13.4. The lowest BCUT2D eigenvalue weighted by Crippen LogP contribution is -2.35. The van der Waals surface area contributed by atoms with E-state index in [0.29, 0.717) is 6.42 Å². The van der Waals surface area contributed by atoms with Crippen LogP contribution in [0.2, 0.25) is 0 Å². The lowest BCUT2D eigenvalue weighted by molar-refractivity contribution is -0.117. The Morgan fingerprint density at radius 3 is 2.68 bits per heavy atom. The summed E-state index contributed by atoms with van der Waals surface area (Å²) in [5.41, 5.74) is 5.42. The fourth-order valence-electron chi connectivity index (χ4n) is 1.56. The molecule has 6 heteroatoms. The summed E-state index contributed by atoms with van der Waals surface area (Å²) in [4.78, 5) is 22.3. The standard InChI is InChI=1S/C13H17FN2O3/c1-2-3-4-11(15)12(17)16-8-5-6-9(13(18)19)10(14)7-8/h5-7,11H,2-4,15H2,1H3,(H,16,17)(H,18,19)/t11-/m0/s1. The first-order chi connectivity index (χ1) is 8.95. The zero-order chi connectivity index (χ0) is 14.4. The van der Waals surface area contributed by atoms with E-state index < -0.39 is 29.3 Å². The van der Waals surface area contributed by atoms with Crippen molar-refractivity contribution in [1.82, 2.24) is 0 Å². The summed E-state index contributed by atoms with van der Waals surface area (Å²) in [5.74, 6) is -2.65. The Balaban J connectivity index is 2.70. The van der Waals surface area contributed by atoms with Crippen molar-refractivity contribution in [3.63, 3.8) is 0 Å². The minimum absolute atomic E-state index is 0.194. The molecule has 0 unspecified atom stereocenters. The second-order valence-corrected chi connectivity index (χ2v) is 4.24. The van der Waals surface area contributed by atoms with Crippen molar-refractivity contribution in [2.45, 2.75) is 32.2 Å². The van der Waals surface area contributed by atoms with Crippen molar-refractivity contribution >= 4 is 17.6 Å². The Bertz CT molecular complexity index is 477.